The second kappa shape index (κ2) is 6.81. The molecule has 3 heteroatoms. The first-order valence-electron chi connectivity index (χ1n) is 6.79. The Morgan fingerprint density at radius 2 is 2.22 bits per heavy atom. The SMILES string of the molecule is CCCC(Cl)CCCc1cc(Br)cc2c1OCC2. The number of aryl methyl sites for hydroxylation is 1. The Hall–Kier alpha value is -0.210. The van der Waals surface area contributed by atoms with Gasteiger partial charge in [0.2, 0.25) is 0 Å². The van der Waals surface area contributed by atoms with Crippen LogP contribution in [0, 0.1) is 0 Å². The van der Waals surface area contributed by atoms with Crippen LogP contribution in [0.3, 0.4) is 0 Å². The van der Waals surface area contributed by atoms with E-state index < -0.39 is 0 Å². The lowest BCUT2D eigenvalue weighted by atomic mass is 10.0. The van der Waals surface area contributed by atoms with Crippen LogP contribution in [-0.4, -0.2) is 12.0 Å². The third-order valence-corrected chi connectivity index (χ3v) is 4.28. The van der Waals surface area contributed by atoms with Crippen molar-refractivity contribution in [1.29, 1.82) is 0 Å². The molecule has 0 spiro atoms. The number of fused-ring (bicyclic) bond motifs is 1. The number of alkyl halides is 1. The lowest BCUT2D eigenvalue weighted by Crippen LogP contribution is -1.99. The molecule has 1 aliphatic heterocycles. The minimum atomic E-state index is 0.330. The van der Waals surface area contributed by atoms with Crippen molar-refractivity contribution in [2.24, 2.45) is 0 Å². The van der Waals surface area contributed by atoms with Gasteiger partial charge in [-0.15, -0.1) is 11.6 Å². The van der Waals surface area contributed by atoms with Crippen molar-refractivity contribution >= 4 is 27.5 Å². The van der Waals surface area contributed by atoms with Gasteiger partial charge in [0.25, 0.3) is 0 Å². The van der Waals surface area contributed by atoms with Crippen LogP contribution in [0.4, 0.5) is 0 Å². The fourth-order valence-electron chi connectivity index (χ4n) is 2.50. The number of rotatable bonds is 6. The molecule has 0 fully saturated rings. The zero-order valence-electron chi connectivity index (χ0n) is 10.8. The van der Waals surface area contributed by atoms with Gasteiger partial charge in [-0.25, -0.2) is 0 Å². The second-order valence-electron chi connectivity index (χ2n) is 4.93. The van der Waals surface area contributed by atoms with E-state index in [-0.39, 0.29) is 0 Å². The highest BCUT2D eigenvalue weighted by atomic mass is 79.9. The third-order valence-electron chi connectivity index (χ3n) is 3.39. The topological polar surface area (TPSA) is 9.23 Å². The van der Waals surface area contributed by atoms with Crippen molar-refractivity contribution in [2.75, 3.05) is 6.61 Å². The molecule has 0 radical (unpaired) electrons. The minimum absolute atomic E-state index is 0.330. The van der Waals surface area contributed by atoms with E-state index in [2.05, 4.69) is 35.0 Å². The monoisotopic (exact) mass is 330 g/mol. The Morgan fingerprint density at radius 1 is 1.39 bits per heavy atom. The number of hydrogen-bond donors (Lipinski definition) is 0. The summed E-state index contributed by atoms with van der Waals surface area (Å²) in [6.07, 6.45) is 6.62. The predicted octanol–water partition coefficient (Wildman–Crippen LogP) is 5.11. The second-order valence-corrected chi connectivity index (χ2v) is 6.46. The molecule has 0 saturated heterocycles. The Bertz CT molecular complexity index is 406. The summed E-state index contributed by atoms with van der Waals surface area (Å²) in [7, 11) is 0. The zero-order valence-corrected chi connectivity index (χ0v) is 13.2. The van der Waals surface area contributed by atoms with Crippen molar-refractivity contribution in [3.8, 4) is 5.75 Å². The van der Waals surface area contributed by atoms with Crippen molar-refractivity contribution in [3.05, 3.63) is 27.7 Å². The number of ether oxygens (including phenoxy) is 1. The first kappa shape index (κ1) is 14.2. The van der Waals surface area contributed by atoms with Crippen molar-refractivity contribution in [2.45, 2.75) is 50.8 Å². The lowest BCUT2D eigenvalue weighted by molar-refractivity contribution is 0.353. The van der Waals surface area contributed by atoms with E-state index in [1.807, 2.05) is 0 Å². The van der Waals surface area contributed by atoms with Gasteiger partial charge in [0.05, 0.1) is 6.61 Å². The summed E-state index contributed by atoms with van der Waals surface area (Å²) in [6.45, 7) is 3.01. The van der Waals surface area contributed by atoms with E-state index in [0.29, 0.717) is 5.38 Å². The summed E-state index contributed by atoms with van der Waals surface area (Å²) in [5.74, 6) is 1.12. The Balaban J connectivity index is 1.93. The molecule has 0 aliphatic carbocycles. The smallest absolute Gasteiger partial charge is 0.125 e. The summed E-state index contributed by atoms with van der Waals surface area (Å²) < 4.78 is 6.90. The summed E-state index contributed by atoms with van der Waals surface area (Å²) in [5, 5.41) is 0.330. The molecule has 2 rings (SSSR count). The first-order valence-corrected chi connectivity index (χ1v) is 8.01. The van der Waals surface area contributed by atoms with Crippen LogP contribution in [0.2, 0.25) is 0 Å². The van der Waals surface area contributed by atoms with Gasteiger partial charge in [-0.05, 0) is 48.9 Å². The molecular formula is C15H20BrClO. The molecule has 0 bridgehead atoms. The van der Waals surface area contributed by atoms with Crippen LogP contribution in [0.5, 0.6) is 5.75 Å². The van der Waals surface area contributed by atoms with Gasteiger partial charge in [0, 0.05) is 16.3 Å². The molecule has 1 unspecified atom stereocenters. The number of halogens is 2. The standard InChI is InChI=1S/C15H20BrClO/c1-2-4-14(17)6-3-5-11-9-13(16)10-12-7-8-18-15(11)12/h9-10,14H,2-8H2,1H3. The summed E-state index contributed by atoms with van der Waals surface area (Å²) in [5.41, 5.74) is 2.67. The van der Waals surface area contributed by atoms with Crippen molar-refractivity contribution < 1.29 is 4.74 Å². The molecule has 0 saturated carbocycles. The molecule has 0 amide bonds. The van der Waals surface area contributed by atoms with Crippen LogP contribution in [0.15, 0.2) is 16.6 Å². The van der Waals surface area contributed by atoms with Crippen LogP contribution in [0.1, 0.15) is 43.7 Å². The highest BCUT2D eigenvalue weighted by molar-refractivity contribution is 9.10. The molecule has 0 aromatic heterocycles. The fourth-order valence-corrected chi connectivity index (χ4v) is 3.43. The van der Waals surface area contributed by atoms with Gasteiger partial charge >= 0.3 is 0 Å². The molecule has 1 nitrogen and oxygen atoms in total. The van der Waals surface area contributed by atoms with E-state index in [0.717, 1.165) is 48.9 Å². The van der Waals surface area contributed by atoms with Gasteiger partial charge < -0.3 is 4.74 Å². The normalized spacial score (nSPS) is 15.3. The maximum Gasteiger partial charge on any atom is 0.125 e. The van der Waals surface area contributed by atoms with E-state index in [4.69, 9.17) is 16.3 Å². The molecular weight excluding hydrogens is 312 g/mol. The molecule has 0 N–H and O–H groups in total. The lowest BCUT2D eigenvalue weighted by Gasteiger charge is -2.11. The Labute approximate surface area is 123 Å². The molecule has 1 heterocycles. The van der Waals surface area contributed by atoms with Crippen molar-refractivity contribution in [3.63, 3.8) is 0 Å². The van der Waals surface area contributed by atoms with E-state index in [9.17, 15) is 0 Å². The average molecular weight is 332 g/mol. The average Bonchev–Trinajstić information content (AvgIpc) is 2.77. The quantitative estimate of drug-likeness (QED) is 0.658. The molecule has 18 heavy (non-hydrogen) atoms. The zero-order chi connectivity index (χ0) is 13.0. The molecule has 1 aromatic carbocycles. The summed E-state index contributed by atoms with van der Waals surface area (Å²) in [6, 6.07) is 4.36. The van der Waals surface area contributed by atoms with Gasteiger partial charge in [0.15, 0.2) is 0 Å². The van der Waals surface area contributed by atoms with Gasteiger partial charge in [-0.3, -0.25) is 0 Å². The van der Waals surface area contributed by atoms with E-state index in [1.165, 1.54) is 17.5 Å². The van der Waals surface area contributed by atoms with Crippen LogP contribution < -0.4 is 4.74 Å². The first-order chi connectivity index (χ1) is 8.70. The van der Waals surface area contributed by atoms with Crippen LogP contribution in [0.25, 0.3) is 0 Å². The number of benzene rings is 1. The number of hydrogen-bond acceptors (Lipinski definition) is 1. The molecule has 100 valence electrons. The largest absolute Gasteiger partial charge is 0.493 e. The summed E-state index contributed by atoms with van der Waals surface area (Å²) >= 11 is 9.84. The fraction of sp³-hybridized carbons (Fsp3) is 0.600. The van der Waals surface area contributed by atoms with E-state index in [1.54, 1.807) is 0 Å². The van der Waals surface area contributed by atoms with Gasteiger partial charge in [-0.2, -0.15) is 0 Å². The maximum atomic E-state index is 6.26. The molecule has 1 atom stereocenters. The van der Waals surface area contributed by atoms with Gasteiger partial charge in [-0.1, -0.05) is 29.3 Å². The van der Waals surface area contributed by atoms with E-state index >= 15 is 0 Å². The highest BCUT2D eigenvalue weighted by Gasteiger charge is 2.17. The Morgan fingerprint density at radius 3 is 3.00 bits per heavy atom. The summed E-state index contributed by atoms with van der Waals surface area (Å²) in [4.78, 5) is 0. The Kier molecular flexibility index (Phi) is 5.38. The van der Waals surface area contributed by atoms with Crippen LogP contribution in [-0.2, 0) is 12.8 Å². The molecule has 1 aliphatic rings. The maximum absolute atomic E-state index is 6.26. The van der Waals surface area contributed by atoms with Gasteiger partial charge in [0.1, 0.15) is 5.75 Å². The predicted molar refractivity (Wildman–Crippen MR) is 80.8 cm³/mol. The van der Waals surface area contributed by atoms with Crippen LogP contribution >= 0.6 is 27.5 Å². The third kappa shape index (κ3) is 3.64. The highest BCUT2D eigenvalue weighted by Crippen LogP contribution is 2.34. The minimum Gasteiger partial charge on any atom is -0.493 e. The van der Waals surface area contributed by atoms with Crippen molar-refractivity contribution in [1.82, 2.24) is 0 Å². The molecule has 1 aromatic rings.